The number of hydrogen-bond acceptors (Lipinski definition) is 4. The largest absolute Gasteiger partial charge is 0.477 e. The number of rotatable bonds is 5. The van der Waals surface area contributed by atoms with Crippen LogP contribution in [0.2, 0.25) is 0 Å². The van der Waals surface area contributed by atoms with Crippen molar-refractivity contribution < 1.29 is 19.4 Å². The molecule has 0 saturated carbocycles. The fourth-order valence-corrected chi connectivity index (χ4v) is 0.980. The highest BCUT2D eigenvalue weighted by Gasteiger charge is 2.18. The van der Waals surface area contributed by atoms with Crippen molar-refractivity contribution in [1.29, 1.82) is 0 Å². The molecule has 1 rings (SSSR count). The van der Waals surface area contributed by atoms with E-state index < -0.39 is 11.9 Å². The van der Waals surface area contributed by atoms with Crippen LogP contribution in [0.25, 0.3) is 0 Å². The number of imidazole rings is 1. The highest BCUT2D eigenvalue weighted by molar-refractivity contribution is 6.02. The molecule has 0 spiro atoms. The third-order valence-electron chi connectivity index (χ3n) is 1.66. The van der Waals surface area contributed by atoms with E-state index in [1.54, 1.807) is 0 Å². The number of carboxylic acids is 1. The second-order valence-corrected chi connectivity index (χ2v) is 2.68. The molecule has 0 aliphatic heterocycles. The van der Waals surface area contributed by atoms with E-state index in [2.05, 4.69) is 15.3 Å². The van der Waals surface area contributed by atoms with Gasteiger partial charge in [0.05, 0.1) is 12.9 Å². The lowest BCUT2D eigenvalue weighted by Crippen LogP contribution is -2.28. The number of methoxy groups -OCH3 is 1. The Morgan fingerprint density at radius 1 is 1.67 bits per heavy atom. The Morgan fingerprint density at radius 3 is 3.00 bits per heavy atom. The lowest BCUT2D eigenvalue weighted by Gasteiger charge is -2.02. The molecule has 0 bridgehead atoms. The zero-order valence-corrected chi connectivity index (χ0v) is 8.11. The van der Waals surface area contributed by atoms with Gasteiger partial charge in [-0.25, -0.2) is 9.78 Å². The molecule has 0 aromatic carbocycles. The summed E-state index contributed by atoms with van der Waals surface area (Å²) in [6, 6.07) is 0. The number of aromatic carboxylic acids is 1. The van der Waals surface area contributed by atoms with Crippen molar-refractivity contribution in [2.45, 2.75) is 0 Å². The molecule has 3 N–H and O–H groups in total. The van der Waals surface area contributed by atoms with Crippen LogP contribution < -0.4 is 5.32 Å². The first kappa shape index (κ1) is 11.2. The van der Waals surface area contributed by atoms with Crippen molar-refractivity contribution in [3.8, 4) is 0 Å². The van der Waals surface area contributed by atoms with Gasteiger partial charge in [0, 0.05) is 13.7 Å². The minimum absolute atomic E-state index is 0.126. The fourth-order valence-electron chi connectivity index (χ4n) is 0.980. The van der Waals surface area contributed by atoms with Crippen LogP contribution in [0.4, 0.5) is 0 Å². The number of carbonyl (C=O) groups excluding carboxylic acids is 1. The van der Waals surface area contributed by atoms with Crippen molar-refractivity contribution >= 4 is 11.9 Å². The Labute approximate surface area is 85.5 Å². The van der Waals surface area contributed by atoms with Gasteiger partial charge in [0.15, 0.2) is 11.4 Å². The smallest absolute Gasteiger partial charge is 0.354 e. The van der Waals surface area contributed by atoms with Gasteiger partial charge in [-0.1, -0.05) is 0 Å². The summed E-state index contributed by atoms with van der Waals surface area (Å²) < 4.78 is 4.73. The first-order chi connectivity index (χ1) is 7.16. The zero-order valence-electron chi connectivity index (χ0n) is 8.11. The maximum atomic E-state index is 11.4. The monoisotopic (exact) mass is 213 g/mol. The van der Waals surface area contributed by atoms with E-state index in [0.717, 1.165) is 6.33 Å². The van der Waals surface area contributed by atoms with E-state index in [-0.39, 0.29) is 11.4 Å². The topological polar surface area (TPSA) is 104 Å². The molecule has 0 atom stereocenters. The van der Waals surface area contributed by atoms with E-state index in [9.17, 15) is 9.59 Å². The molecule has 1 amide bonds. The Bertz CT molecular complexity index is 361. The summed E-state index contributed by atoms with van der Waals surface area (Å²) in [4.78, 5) is 28.0. The first-order valence-corrected chi connectivity index (χ1v) is 4.20. The van der Waals surface area contributed by atoms with Gasteiger partial charge in [-0.15, -0.1) is 0 Å². The summed E-state index contributed by atoms with van der Waals surface area (Å²) in [5.74, 6) is -1.75. The van der Waals surface area contributed by atoms with Gasteiger partial charge in [0.2, 0.25) is 0 Å². The number of carboxylic acid groups (broad SMARTS) is 1. The summed E-state index contributed by atoms with van der Waals surface area (Å²) in [5, 5.41) is 11.2. The van der Waals surface area contributed by atoms with E-state index in [1.807, 2.05) is 0 Å². The van der Waals surface area contributed by atoms with Gasteiger partial charge < -0.3 is 20.1 Å². The number of aromatic nitrogens is 2. The van der Waals surface area contributed by atoms with Crippen molar-refractivity contribution in [1.82, 2.24) is 15.3 Å². The zero-order chi connectivity index (χ0) is 11.3. The number of ether oxygens (including phenoxy) is 1. The predicted molar refractivity (Wildman–Crippen MR) is 49.8 cm³/mol. The quantitative estimate of drug-likeness (QED) is 0.571. The second kappa shape index (κ2) is 5.11. The molecule has 0 fully saturated rings. The summed E-state index contributed by atoms with van der Waals surface area (Å²) >= 11 is 0. The predicted octanol–water partition coefficient (Wildman–Crippen LogP) is -0.516. The summed E-state index contributed by atoms with van der Waals surface area (Å²) in [6.45, 7) is 0.666. The third-order valence-corrected chi connectivity index (χ3v) is 1.66. The summed E-state index contributed by atoms with van der Waals surface area (Å²) in [6.07, 6.45) is 1.16. The second-order valence-electron chi connectivity index (χ2n) is 2.68. The van der Waals surface area contributed by atoms with Gasteiger partial charge in [-0.3, -0.25) is 4.79 Å². The van der Waals surface area contributed by atoms with Crippen LogP contribution in [-0.2, 0) is 4.74 Å². The number of H-pyrrole nitrogens is 1. The average Bonchev–Trinajstić information content (AvgIpc) is 2.66. The van der Waals surface area contributed by atoms with Crippen LogP contribution >= 0.6 is 0 Å². The maximum Gasteiger partial charge on any atom is 0.354 e. The highest BCUT2D eigenvalue weighted by atomic mass is 16.5. The van der Waals surface area contributed by atoms with Crippen LogP contribution in [0.15, 0.2) is 6.33 Å². The van der Waals surface area contributed by atoms with Crippen LogP contribution in [0, 0.1) is 0 Å². The van der Waals surface area contributed by atoms with E-state index in [1.165, 1.54) is 7.11 Å². The molecular formula is C8H11N3O4. The number of hydrogen-bond donors (Lipinski definition) is 3. The number of carbonyl (C=O) groups is 2. The van der Waals surface area contributed by atoms with Gasteiger partial charge in [0.1, 0.15) is 0 Å². The average molecular weight is 213 g/mol. The van der Waals surface area contributed by atoms with Crippen molar-refractivity contribution in [2.24, 2.45) is 0 Å². The fraction of sp³-hybridized carbons (Fsp3) is 0.375. The van der Waals surface area contributed by atoms with E-state index in [0.29, 0.717) is 13.2 Å². The van der Waals surface area contributed by atoms with Gasteiger partial charge in [-0.05, 0) is 0 Å². The van der Waals surface area contributed by atoms with Crippen molar-refractivity contribution in [3.63, 3.8) is 0 Å². The molecule has 82 valence electrons. The molecule has 1 heterocycles. The molecule has 15 heavy (non-hydrogen) atoms. The van der Waals surface area contributed by atoms with Crippen LogP contribution in [0.3, 0.4) is 0 Å². The number of nitrogens with zero attached hydrogens (tertiary/aromatic N) is 1. The Hall–Kier alpha value is -1.89. The SMILES string of the molecule is COCCNC(=O)c1nc[nH]c1C(=O)O. The Kier molecular flexibility index (Phi) is 3.81. The molecule has 0 aliphatic rings. The summed E-state index contributed by atoms with van der Waals surface area (Å²) in [5.41, 5.74) is -0.344. The molecule has 0 aliphatic carbocycles. The molecule has 0 radical (unpaired) electrons. The molecular weight excluding hydrogens is 202 g/mol. The van der Waals surface area contributed by atoms with Crippen LogP contribution in [-0.4, -0.2) is 47.2 Å². The molecule has 7 heteroatoms. The third kappa shape index (κ3) is 2.78. The molecule has 1 aromatic rings. The van der Waals surface area contributed by atoms with Gasteiger partial charge in [0.25, 0.3) is 5.91 Å². The van der Waals surface area contributed by atoms with E-state index >= 15 is 0 Å². The Morgan fingerprint density at radius 2 is 2.40 bits per heavy atom. The standard InChI is InChI=1S/C8H11N3O4/c1-15-3-2-9-7(12)5-6(8(13)14)11-4-10-5/h4H,2-3H2,1H3,(H,9,12)(H,10,11)(H,13,14). The lowest BCUT2D eigenvalue weighted by atomic mass is 10.3. The molecule has 0 saturated heterocycles. The maximum absolute atomic E-state index is 11.4. The van der Waals surface area contributed by atoms with Gasteiger partial charge >= 0.3 is 5.97 Å². The molecule has 1 aromatic heterocycles. The minimum atomic E-state index is -1.22. The summed E-state index contributed by atoms with van der Waals surface area (Å²) in [7, 11) is 1.50. The van der Waals surface area contributed by atoms with E-state index in [4.69, 9.17) is 9.84 Å². The molecule has 7 nitrogen and oxygen atoms in total. The van der Waals surface area contributed by atoms with Crippen molar-refractivity contribution in [3.05, 3.63) is 17.7 Å². The lowest BCUT2D eigenvalue weighted by molar-refractivity contribution is 0.0684. The Balaban J connectivity index is 2.65. The minimum Gasteiger partial charge on any atom is -0.477 e. The molecule has 0 unspecified atom stereocenters. The number of nitrogens with one attached hydrogen (secondary N) is 2. The van der Waals surface area contributed by atoms with Gasteiger partial charge in [-0.2, -0.15) is 0 Å². The van der Waals surface area contributed by atoms with Crippen molar-refractivity contribution in [2.75, 3.05) is 20.3 Å². The first-order valence-electron chi connectivity index (χ1n) is 4.20. The number of aromatic amines is 1. The number of amides is 1. The normalized spacial score (nSPS) is 9.93. The van der Waals surface area contributed by atoms with Crippen LogP contribution in [0.5, 0.6) is 0 Å². The highest BCUT2D eigenvalue weighted by Crippen LogP contribution is 2.01. The van der Waals surface area contributed by atoms with Crippen LogP contribution in [0.1, 0.15) is 21.0 Å².